The van der Waals surface area contributed by atoms with E-state index in [2.05, 4.69) is 167 Å². The Kier molecular flexibility index (Phi) is 8.96. The predicted molar refractivity (Wildman–Crippen MR) is 301 cm³/mol. The first kappa shape index (κ1) is 40.6. The number of thiophene rings is 2. The number of para-hydroxylation sites is 2. The fourth-order valence-electron chi connectivity index (χ4n) is 11.0. The van der Waals surface area contributed by atoms with Crippen molar-refractivity contribution in [3.8, 4) is 62.7 Å². The molecule has 334 valence electrons. The van der Waals surface area contributed by atoms with Crippen LogP contribution in [0.25, 0.3) is 141 Å². The second-order valence-corrected chi connectivity index (χ2v) is 20.3. The first-order chi connectivity index (χ1) is 35.7. The zero-order valence-corrected chi connectivity index (χ0v) is 39.9. The van der Waals surface area contributed by atoms with Gasteiger partial charge in [-0.3, -0.25) is 0 Å². The van der Waals surface area contributed by atoms with Crippen molar-refractivity contribution in [1.82, 2.24) is 24.1 Å². The summed E-state index contributed by atoms with van der Waals surface area (Å²) < 4.78 is 9.82. The molecule has 0 aliphatic carbocycles. The van der Waals surface area contributed by atoms with Gasteiger partial charge in [-0.05, 0) is 72.8 Å². The van der Waals surface area contributed by atoms with Crippen LogP contribution in [0, 0.1) is 11.3 Å². The van der Waals surface area contributed by atoms with Gasteiger partial charge in [0.2, 0.25) is 0 Å². The lowest BCUT2D eigenvalue weighted by molar-refractivity contribution is 1.07. The van der Waals surface area contributed by atoms with Crippen LogP contribution in [0.1, 0.15) is 5.56 Å². The van der Waals surface area contributed by atoms with Crippen LogP contribution in [0.3, 0.4) is 0 Å². The lowest BCUT2D eigenvalue weighted by atomic mass is 9.95. The largest absolute Gasteiger partial charge is 0.309 e. The Morgan fingerprint density at radius 2 is 0.847 bits per heavy atom. The zero-order valence-electron chi connectivity index (χ0n) is 38.3. The number of benzene rings is 10. The van der Waals surface area contributed by atoms with Gasteiger partial charge in [-0.15, -0.1) is 22.7 Å². The maximum Gasteiger partial charge on any atom is 0.164 e. The van der Waals surface area contributed by atoms with Crippen molar-refractivity contribution in [1.29, 1.82) is 5.26 Å². The molecule has 10 aromatic carbocycles. The lowest BCUT2D eigenvalue weighted by Gasteiger charge is -2.18. The molecular weight excluding hydrogens is 917 g/mol. The van der Waals surface area contributed by atoms with Gasteiger partial charge in [-0.2, -0.15) is 5.26 Å². The van der Waals surface area contributed by atoms with Crippen molar-refractivity contribution < 1.29 is 0 Å². The summed E-state index contributed by atoms with van der Waals surface area (Å²) in [5.74, 6) is 1.70. The number of aromatic nitrogens is 5. The van der Waals surface area contributed by atoms with Gasteiger partial charge in [0.1, 0.15) is 0 Å². The molecule has 0 bridgehead atoms. The molecule has 8 heteroatoms. The maximum absolute atomic E-state index is 11.2. The third kappa shape index (κ3) is 6.09. The Morgan fingerprint density at radius 3 is 1.42 bits per heavy atom. The molecule has 0 saturated carbocycles. The van der Waals surface area contributed by atoms with Crippen LogP contribution in [-0.4, -0.2) is 24.1 Å². The highest BCUT2D eigenvalue weighted by Gasteiger charge is 2.24. The van der Waals surface area contributed by atoms with E-state index in [-0.39, 0.29) is 0 Å². The third-order valence-electron chi connectivity index (χ3n) is 14.2. The van der Waals surface area contributed by atoms with E-state index in [0.717, 1.165) is 61.3 Å². The van der Waals surface area contributed by atoms with E-state index in [4.69, 9.17) is 15.0 Å². The maximum atomic E-state index is 11.2. The van der Waals surface area contributed by atoms with Gasteiger partial charge >= 0.3 is 0 Å². The van der Waals surface area contributed by atoms with Gasteiger partial charge < -0.3 is 9.13 Å². The summed E-state index contributed by atoms with van der Waals surface area (Å²) in [4.78, 5) is 15.4. The Hall–Kier alpha value is -9.26. The molecule has 0 spiro atoms. The zero-order chi connectivity index (χ0) is 47.4. The summed E-state index contributed by atoms with van der Waals surface area (Å²) in [6.45, 7) is 0. The Bertz CT molecular complexity index is 4710. The molecule has 5 heterocycles. The molecule has 5 aromatic heterocycles. The van der Waals surface area contributed by atoms with E-state index in [0.29, 0.717) is 23.0 Å². The molecule has 0 fully saturated rings. The van der Waals surface area contributed by atoms with Crippen molar-refractivity contribution in [3.05, 3.63) is 224 Å². The minimum atomic E-state index is 0.536. The standard InChI is InChI=1S/C64H36N6S2/c65-37-41-27-29-42(69-51-23-11-7-21-47(51)58-54(69)33-30-45-43-19-9-13-25-56(43)71-60(45)58)36-49(41)50-35-40(64-67-62(38-15-3-1-4-16-38)66-63(68-64)39-17-5-2-6-18-39)28-32-53(50)70-52-24-12-8-22-48(52)59-55(70)34-31-46-44-20-10-14-26-57(44)72-61(46)59/h1-36H. The average molecular weight is 953 g/mol. The molecule has 0 saturated heterocycles. The molecule has 6 nitrogen and oxygen atoms in total. The van der Waals surface area contributed by atoms with E-state index in [9.17, 15) is 5.26 Å². The minimum Gasteiger partial charge on any atom is -0.309 e. The quantitative estimate of drug-likeness (QED) is 0.166. The first-order valence-corrected chi connectivity index (χ1v) is 25.5. The van der Waals surface area contributed by atoms with E-state index in [1.54, 1.807) is 0 Å². The van der Waals surface area contributed by atoms with Crippen LogP contribution in [0.4, 0.5) is 0 Å². The van der Waals surface area contributed by atoms with Gasteiger partial charge in [-0.1, -0.05) is 146 Å². The molecule has 15 rings (SSSR count). The molecule has 0 N–H and O–H groups in total. The van der Waals surface area contributed by atoms with E-state index >= 15 is 0 Å². The number of hydrogen-bond acceptors (Lipinski definition) is 6. The highest BCUT2D eigenvalue weighted by atomic mass is 32.1. The summed E-state index contributed by atoms with van der Waals surface area (Å²) in [7, 11) is 0. The van der Waals surface area contributed by atoms with Crippen molar-refractivity contribution in [2.75, 3.05) is 0 Å². The van der Waals surface area contributed by atoms with Crippen molar-refractivity contribution >= 4 is 107 Å². The minimum absolute atomic E-state index is 0.536. The molecule has 0 aliphatic heterocycles. The normalized spacial score (nSPS) is 11.9. The molecule has 0 radical (unpaired) electrons. The fourth-order valence-corrected chi connectivity index (χ4v) is 13.5. The second-order valence-electron chi connectivity index (χ2n) is 18.2. The number of nitriles is 1. The van der Waals surface area contributed by atoms with Crippen molar-refractivity contribution in [2.45, 2.75) is 0 Å². The Morgan fingerprint density at radius 1 is 0.361 bits per heavy atom. The smallest absolute Gasteiger partial charge is 0.164 e. The highest BCUT2D eigenvalue weighted by molar-refractivity contribution is 7.27. The van der Waals surface area contributed by atoms with Crippen LogP contribution >= 0.6 is 22.7 Å². The summed E-state index contributed by atoms with van der Waals surface area (Å²) >= 11 is 3.69. The van der Waals surface area contributed by atoms with E-state index < -0.39 is 0 Å². The molecule has 0 amide bonds. The van der Waals surface area contributed by atoms with Crippen LogP contribution in [-0.2, 0) is 0 Å². The predicted octanol–water partition coefficient (Wildman–Crippen LogP) is 17.3. The summed E-state index contributed by atoms with van der Waals surface area (Å²) in [5, 5.41) is 21.0. The van der Waals surface area contributed by atoms with Gasteiger partial charge in [0.05, 0.1) is 39.4 Å². The van der Waals surface area contributed by atoms with Crippen LogP contribution in [0.15, 0.2) is 218 Å². The monoisotopic (exact) mass is 952 g/mol. The second kappa shape index (κ2) is 15.9. The Labute approximate surface area is 420 Å². The van der Waals surface area contributed by atoms with Crippen molar-refractivity contribution in [2.24, 2.45) is 0 Å². The molecular formula is C64H36N6S2. The van der Waals surface area contributed by atoms with Crippen molar-refractivity contribution in [3.63, 3.8) is 0 Å². The molecule has 0 aliphatic rings. The summed E-state index contributed by atoms with van der Waals surface area (Å²) in [6, 6.07) is 79.4. The third-order valence-corrected chi connectivity index (χ3v) is 16.6. The first-order valence-electron chi connectivity index (χ1n) is 23.9. The number of nitrogens with zero attached hydrogens (tertiary/aromatic N) is 6. The number of hydrogen-bond donors (Lipinski definition) is 0. The van der Waals surface area contributed by atoms with E-state index in [1.807, 2.05) is 89.4 Å². The SMILES string of the molecule is N#Cc1ccc(-n2c3ccccc3c3c4sc5ccccc5c4ccc32)cc1-c1cc(-c2nc(-c3ccccc3)nc(-c3ccccc3)n2)ccc1-n1c2ccccc2c2c3sc4ccccc4c3ccc21. The fraction of sp³-hybridized carbons (Fsp3) is 0. The van der Waals surface area contributed by atoms with Gasteiger partial charge in [0, 0.05) is 95.4 Å². The molecule has 0 unspecified atom stereocenters. The van der Waals surface area contributed by atoms with Crippen LogP contribution in [0.5, 0.6) is 0 Å². The van der Waals surface area contributed by atoms with Gasteiger partial charge in [0.25, 0.3) is 0 Å². The van der Waals surface area contributed by atoms with Gasteiger partial charge in [0.15, 0.2) is 17.5 Å². The summed E-state index contributed by atoms with van der Waals surface area (Å²) in [5.41, 5.74) is 11.1. The van der Waals surface area contributed by atoms with Crippen LogP contribution < -0.4 is 0 Å². The van der Waals surface area contributed by atoms with Gasteiger partial charge in [-0.25, -0.2) is 15.0 Å². The average Bonchev–Trinajstić information content (AvgIpc) is 4.21. The van der Waals surface area contributed by atoms with Crippen LogP contribution in [0.2, 0.25) is 0 Å². The number of rotatable bonds is 6. The summed E-state index contributed by atoms with van der Waals surface area (Å²) in [6.07, 6.45) is 0. The number of fused-ring (bicyclic) bond motifs is 14. The molecule has 0 atom stereocenters. The Balaban J connectivity index is 1.03. The topological polar surface area (TPSA) is 72.3 Å². The lowest BCUT2D eigenvalue weighted by Crippen LogP contribution is -2.03. The molecule has 72 heavy (non-hydrogen) atoms. The van der Waals surface area contributed by atoms with E-state index in [1.165, 1.54) is 61.9 Å². The molecule has 15 aromatic rings. The highest BCUT2D eigenvalue weighted by Crippen LogP contribution is 2.47.